The van der Waals surface area contributed by atoms with E-state index in [9.17, 15) is 9.59 Å². The number of nitrogens with zero attached hydrogens (tertiary/aromatic N) is 1. The third kappa shape index (κ3) is 6.16. The van der Waals surface area contributed by atoms with Crippen LogP contribution in [-0.2, 0) is 4.79 Å². The molecule has 0 aromatic heterocycles. The Balaban J connectivity index is 2.61. The largest absolute Gasteiger partial charge is 0.481 e. The minimum Gasteiger partial charge on any atom is -0.481 e. The lowest BCUT2D eigenvalue weighted by Crippen LogP contribution is -2.54. The Morgan fingerprint density at radius 2 is 2.00 bits per heavy atom. The van der Waals surface area contributed by atoms with Crippen LogP contribution in [-0.4, -0.2) is 51.6 Å². The fraction of sp³-hybridized carbons (Fsp3) is 0.867. The summed E-state index contributed by atoms with van der Waals surface area (Å²) in [6, 6.07) is 0.0638. The molecule has 1 saturated carbocycles. The van der Waals surface area contributed by atoms with Crippen LogP contribution < -0.4 is 5.32 Å². The van der Waals surface area contributed by atoms with Gasteiger partial charge in [-0.25, -0.2) is 4.79 Å². The highest BCUT2D eigenvalue weighted by molar-refractivity contribution is 7.99. The number of thioether (sulfide) groups is 1. The minimum absolute atomic E-state index is 0.0250. The fourth-order valence-corrected chi connectivity index (χ4v) is 3.52. The molecule has 1 aliphatic rings. The SMILES string of the molecule is CSC1CCCC(NC(=O)N(CCC(=O)O)C(C)(C)C)C1. The van der Waals surface area contributed by atoms with E-state index in [1.54, 1.807) is 4.90 Å². The van der Waals surface area contributed by atoms with Gasteiger partial charge in [0.15, 0.2) is 0 Å². The molecule has 1 fully saturated rings. The Hall–Kier alpha value is -0.910. The van der Waals surface area contributed by atoms with E-state index in [1.165, 1.54) is 6.42 Å². The van der Waals surface area contributed by atoms with E-state index in [-0.39, 0.29) is 30.6 Å². The molecule has 0 bridgehead atoms. The number of urea groups is 1. The van der Waals surface area contributed by atoms with Gasteiger partial charge in [0.1, 0.15) is 0 Å². The van der Waals surface area contributed by atoms with Gasteiger partial charge >= 0.3 is 12.0 Å². The van der Waals surface area contributed by atoms with Crippen molar-refractivity contribution < 1.29 is 14.7 Å². The summed E-state index contributed by atoms with van der Waals surface area (Å²) in [5.74, 6) is -0.878. The first-order chi connectivity index (χ1) is 9.74. The van der Waals surface area contributed by atoms with Crippen LogP contribution in [0, 0.1) is 0 Å². The van der Waals surface area contributed by atoms with Crippen molar-refractivity contribution in [2.45, 2.75) is 69.7 Å². The average Bonchev–Trinajstić information content (AvgIpc) is 2.37. The van der Waals surface area contributed by atoms with E-state index in [0.717, 1.165) is 19.3 Å². The van der Waals surface area contributed by atoms with E-state index < -0.39 is 5.97 Å². The van der Waals surface area contributed by atoms with Crippen LogP contribution in [0.4, 0.5) is 4.79 Å². The number of rotatable bonds is 5. The smallest absolute Gasteiger partial charge is 0.318 e. The predicted molar refractivity (Wildman–Crippen MR) is 86.8 cm³/mol. The van der Waals surface area contributed by atoms with Crippen LogP contribution in [0.25, 0.3) is 0 Å². The molecule has 2 amide bonds. The molecule has 6 heteroatoms. The molecule has 2 atom stereocenters. The van der Waals surface area contributed by atoms with Crippen LogP contribution in [0.15, 0.2) is 0 Å². The zero-order chi connectivity index (χ0) is 16.0. The molecular weight excluding hydrogens is 288 g/mol. The zero-order valence-electron chi connectivity index (χ0n) is 13.5. The first kappa shape index (κ1) is 18.1. The quantitative estimate of drug-likeness (QED) is 0.818. The topological polar surface area (TPSA) is 69.6 Å². The van der Waals surface area contributed by atoms with Gasteiger partial charge in [0.05, 0.1) is 6.42 Å². The molecule has 0 spiro atoms. The Morgan fingerprint density at radius 3 is 2.52 bits per heavy atom. The van der Waals surface area contributed by atoms with E-state index in [0.29, 0.717) is 5.25 Å². The van der Waals surface area contributed by atoms with E-state index in [1.807, 2.05) is 32.5 Å². The second-order valence-electron chi connectivity index (χ2n) is 6.64. The third-order valence-corrected chi connectivity index (χ3v) is 4.99. The zero-order valence-corrected chi connectivity index (χ0v) is 14.3. The lowest BCUT2D eigenvalue weighted by Gasteiger charge is -2.37. The minimum atomic E-state index is -0.878. The Kier molecular flexibility index (Phi) is 6.84. The third-order valence-electron chi connectivity index (χ3n) is 3.89. The summed E-state index contributed by atoms with van der Waals surface area (Å²) in [6.45, 7) is 6.03. The van der Waals surface area contributed by atoms with Gasteiger partial charge in [-0.3, -0.25) is 4.79 Å². The molecular formula is C15H28N2O3S. The van der Waals surface area contributed by atoms with Gasteiger partial charge in [-0.1, -0.05) is 6.42 Å². The normalized spacial score (nSPS) is 22.7. The molecule has 0 radical (unpaired) electrons. The summed E-state index contributed by atoms with van der Waals surface area (Å²) >= 11 is 1.86. The molecule has 5 nitrogen and oxygen atoms in total. The number of hydrogen-bond acceptors (Lipinski definition) is 3. The highest BCUT2D eigenvalue weighted by Gasteiger charge is 2.30. The van der Waals surface area contributed by atoms with Crippen LogP contribution in [0.2, 0.25) is 0 Å². The number of carboxylic acids is 1. The van der Waals surface area contributed by atoms with Crippen LogP contribution in [0.5, 0.6) is 0 Å². The van der Waals surface area contributed by atoms with E-state index in [2.05, 4.69) is 11.6 Å². The number of carbonyl (C=O) groups excluding carboxylic acids is 1. The maximum absolute atomic E-state index is 12.5. The fourth-order valence-electron chi connectivity index (χ4n) is 2.69. The number of nitrogens with one attached hydrogen (secondary N) is 1. The van der Waals surface area contributed by atoms with Crippen molar-refractivity contribution in [3.63, 3.8) is 0 Å². The second kappa shape index (κ2) is 7.92. The first-order valence-corrected chi connectivity index (χ1v) is 8.85. The molecule has 0 saturated heterocycles. The maximum atomic E-state index is 12.5. The molecule has 0 aromatic carbocycles. The average molecular weight is 316 g/mol. The highest BCUT2D eigenvalue weighted by atomic mass is 32.2. The number of carboxylic acid groups (broad SMARTS) is 1. The van der Waals surface area contributed by atoms with Crippen molar-refractivity contribution >= 4 is 23.8 Å². The molecule has 0 heterocycles. The van der Waals surface area contributed by atoms with Gasteiger partial charge in [0, 0.05) is 23.4 Å². The van der Waals surface area contributed by atoms with Crippen LogP contribution in [0.1, 0.15) is 52.9 Å². The molecule has 0 aliphatic heterocycles. The summed E-state index contributed by atoms with van der Waals surface area (Å²) in [4.78, 5) is 24.9. The van der Waals surface area contributed by atoms with Gasteiger partial charge in [0.25, 0.3) is 0 Å². The number of carbonyl (C=O) groups is 2. The van der Waals surface area contributed by atoms with Gasteiger partial charge in [-0.2, -0.15) is 11.8 Å². The van der Waals surface area contributed by atoms with Crippen molar-refractivity contribution in [2.24, 2.45) is 0 Å². The van der Waals surface area contributed by atoms with Crippen LogP contribution in [0.3, 0.4) is 0 Å². The lowest BCUT2D eigenvalue weighted by molar-refractivity contribution is -0.137. The summed E-state index contributed by atoms with van der Waals surface area (Å²) in [5, 5.41) is 12.5. The first-order valence-electron chi connectivity index (χ1n) is 7.56. The molecule has 1 rings (SSSR count). The lowest BCUT2D eigenvalue weighted by atomic mass is 9.95. The summed E-state index contributed by atoms with van der Waals surface area (Å²) in [6.07, 6.45) is 6.46. The van der Waals surface area contributed by atoms with Gasteiger partial charge in [0.2, 0.25) is 0 Å². The summed E-state index contributed by atoms with van der Waals surface area (Å²) in [5.41, 5.74) is -0.382. The molecule has 1 aliphatic carbocycles. The molecule has 2 unspecified atom stereocenters. The van der Waals surface area contributed by atoms with Crippen molar-refractivity contribution in [3.05, 3.63) is 0 Å². The van der Waals surface area contributed by atoms with Crippen molar-refractivity contribution in [3.8, 4) is 0 Å². The van der Waals surface area contributed by atoms with Gasteiger partial charge in [-0.15, -0.1) is 0 Å². The number of amides is 2. The molecule has 122 valence electrons. The number of aliphatic carboxylic acids is 1. The monoisotopic (exact) mass is 316 g/mol. The van der Waals surface area contributed by atoms with Crippen molar-refractivity contribution in [1.82, 2.24) is 10.2 Å². The summed E-state index contributed by atoms with van der Waals surface area (Å²) in [7, 11) is 0. The van der Waals surface area contributed by atoms with E-state index >= 15 is 0 Å². The summed E-state index contributed by atoms with van der Waals surface area (Å²) < 4.78 is 0. The van der Waals surface area contributed by atoms with Gasteiger partial charge in [-0.05, 0) is 46.3 Å². The van der Waals surface area contributed by atoms with Gasteiger partial charge < -0.3 is 15.3 Å². The van der Waals surface area contributed by atoms with Crippen molar-refractivity contribution in [1.29, 1.82) is 0 Å². The molecule has 2 N–H and O–H groups in total. The number of hydrogen-bond donors (Lipinski definition) is 2. The standard InChI is InChI=1S/C15H28N2O3S/c1-15(2,3)17(9-8-13(18)19)14(20)16-11-6-5-7-12(10-11)21-4/h11-12H,5-10H2,1-4H3,(H,16,20)(H,18,19). The second-order valence-corrected chi connectivity index (χ2v) is 7.77. The highest BCUT2D eigenvalue weighted by Crippen LogP contribution is 2.27. The molecule has 0 aromatic rings. The maximum Gasteiger partial charge on any atom is 0.318 e. The van der Waals surface area contributed by atoms with Crippen LogP contribution >= 0.6 is 11.8 Å². The molecule has 21 heavy (non-hydrogen) atoms. The van der Waals surface area contributed by atoms with E-state index in [4.69, 9.17) is 5.11 Å². The Morgan fingerprint density at radius 1 is 1.33 bits per heavy atom. The Bertz CT molecular complexity index is 368. The Labute approximate surface area is 131 Å². The van der Waals surface area contributed by atoms with Crippen molar-refractivity contribution in [2.75, 3.05) is 12.8 Å². The predicted octanol–water partition coefficient (Wildman–Crippen LogP) is 2.95.